The molecule has 0 aliphatic carbocycles. The molecule has 1 aliphatic rings. The summed E-state index contributed by atoms with van der Waals surface area (Å²) in [7, 11) is 1.42. The lowest BCUT2D eigenvalue weighted by molar-refractivity contribution is -0.909. The summed E-state index contributed by atoms with van der Waals surface area (Å²) in [6.45, 7) is 4.14. The van der Waals surface area contributed by atoms with Crippen LogP contribution in [0.1, 0.15) is 17.2 Å². The fraction of sp³-hybridized carbons (Fsp3) is 0.318. The molecule has 2 aromatic rings. The number of quaternary nitrogens is 1. The number of morpholine rings is 1. The molecule has 0 aromatic heterocycles. The van der Waals surface area contributed by atoms with Crippen molar-refractivity contribution in [2.45, 2.75) is 6.04 Å². The van der Waals surface area contributed by atoms with Crippen LogP contribution in [0.15, 0.2) is 54.6 Å². The van der Waals surface area contributed by atoms with Crippen molar-refractivity contribution in [1.29, 1.82) is 0 Å². The molecular formula is C22H26FN2O3+. The molecule has 2 N–H and O–H groups in total. The Morgan fingerprint density at radius 1 is 1.25 bits per heavy atom. The smallest absolute Gasteiger partial charge is 0.244 e. The largest absolute Gasteiger partial charge is 0.494 e. The number of hydrogen-bond acceptors (Lipinski definition) is 3. The summed E-state index contributed by atoms with van der Waals surface area (Å²) in [6.07, 6.45) is 3.04. The van der Waals surface area contributed by atoms with Crippen molar-refractivity contribution in [1.82, 2.24) is 5.32 Å². The van der Waals surface area contributed by atoms with Crippen LogP contribution < -0.4 is 15.0 Å². The molecule has 148 valence electrons. The van der Waals surface area contributed by atoms with Crippen LogP contribution in [0.25, 0.3) is 6.08 Å². The number of amides is 1. The molecule has 1 amide bonds. The first-order chi connectivity index (χ1) is 13.7. The third-order valence-electron chi connectivity index (χ3n) is 4.81. The van der Waals surface area contributed by atoms with Crippen LogP contribution in [0.2, 0.25) is 0 Å². The normalized spacial score (nSPS) is 16.1. The number of halogens is 1. The molecule has 1 atom stereocenters. The zero-order chi connectivity index (χ0) is 19.8. The number of ether oxygens (including phenoxy) is 2. The van der Waals surface area contributed by atoms with Crippen molar-refractivity contribution in [3.8, 4) is 5.75 Å². The zero-order valence-electron chi connectivity index (χ0n) is 16.0. The molecule has 0 bridgehead atoms. The highest BCUT2D eigenvalue weighted by atomic mass is 19.1. The Kier molecular flexibility index (Phi) is 7.17. The minimum Gasteiger partial charge on any atom is -0.494 e. The van der Waals surface area contributed by atoms with E-state index < -0.39 is 5.82 Å². The Balaban J connectivity index is 1.67. The fourth-order valence-corrected chi connectivity index (χ4v) is 3.27. The topological polar surface area (TPSA) is 52.0 Å². The van der Waals surface area contributed by atoms with Crippen molar-refractivity contribution in [2.75, 3.05) is 40.0 Å². The van der Waals surface area contributed by atoms with Crippen molar-refractivity contribution in [3.05, 3.63) is 71.6 Å². The summed E-state index contributed by atoms with van der Waals surface area (Å²) < 4.78 is 24.1. The number of carbonyl (C=O) groups excluding carboxylic acids is 1. The first kappa shape index (κ1) is 20.0. The lowest BCUT2D eigenvalue weighted by Gasteiger charge is -2.28. The first-order valence-corrected chi connectivity index (χ1v) is 9.44. The second kappa shape index (κ2) is 10.0. The van der Waals surface area contributed by atoms with Crippen LogP contribution in [-0.2, 0) is 9.53 Å². The van der Waals surface area contributed by atoms with E-state index >= 15 is 0 Å². The summed E-state index contributed by atoms with van der Waals surface area (Å²) >= 11 is 0. The highest BCUT2D eigenvalue weighted by Gasteiger charge is 2.22. The van der Waals surface area contributed by atoms with Crippen LogP contribution >= 0.6 is 0 Å². The van der Waals surface area contributed by atoms with E-state index in [1.165, 1.54) is 24.2 Å². The number of methoxy groups -OCH3 is 1. The van der Waals surface area contributed by atoms with Gasteiger partial charge in [0.1, 0.15) is 25.7 Å². The molecular weight excluding hydrogens is 359 g/mol. The Hall–Kier alpha value is -2.70. The van der Waals surface area contributed by atoms with Gasteiger partial charge in [-0.15, -0.1) is 0 Å². The summed E-state index contributed by atoms with van der Waals surface area (Å²) in [5, 5.41) is 3.08. The van der Waals surface area contributed by atoms with Gasteiger partial charge < -0.3 is 19.7 Å². The second-order valence-corrected chi connectivity index (χ2v) is 6.77. The van der Waals surface area contributed by atoms with Gasteiger partial charge in [-0.3, -0.25) is 4.79 Å². The minimum atomic E-state index is -0.455. The molecule has 0 radical (unpaired) electrons. The van der Waals surface area contributed by atoms with Crippen LogP contribution in [-0.4, -0.2) is 45.9 Å². The molecule has 2 aromatic carbocycles. The summed E-state index contributed by atoms with van der Waals surface area (Å²) in [5.41, 5.74) is 1.67. The molecule has 3 rings (SSSR count). The third kappa shape index (κ3) is 5.65. The van der Waals surface area contributed by atoms with E-state index in [1.54, 1.807) is 18.2 Å². The van der Waals surface area contributed by atoms with E-state index in [9.17, 15) is 9.18 Å². The number of carbonyl (C=O) groups is 1. The third-order valence-corrected chi connectivity index (χ3v) is 4.81. The maximum atomic E-state index is 13.8. The summed E-state index contributed by atoms with van der Waals surface area (Å²) in [6, 6.07) is 14.4. The van der Waals surface area contributed by atoms with Gasteiger partial charge in [0, 0.05) is 6.08 Å². The van der Waals surface area contributed by atoms with Gasteiger partial charge >= 0.3 is 0 Å². The maximum absolute atomic E-state index is 13.8. The van der Waals surface area contributed by atoms with E-state index in [0.29, 0.717) is 5.56 Å². The Bertz CT molecular complexity index is 805. The van der Waals surface area contributed by atoms with Crippen LogP contribution in [0.3, 0.4) is 0 Å². The zero-order valence-corrected chi connectivity index (χ0v) is 16.0. The second-order valence-electron chi connectivity index (χ2n) is 6.77. The summed E-state index contributed by atoms with van der Waals surface area (Å²) in [4.78, 5) is 13.9. The van der Waals surface area contributed by atoms with E-state index in [1.807, 2.05) is 30.3 Å². The maximum Gasteiger partial charge on any atom is 0.244 e. The quantitative estimate of drug-likeness (QED) is 0.713. The molecule has 1 heterocycles. The molecule has 0 unspecified atom stereocenters. The van der Waals surface area contributed by atoms with E-state index in [-0.39, 0.29) is 17.7 Å². The van der Waals surface area contributed by atoms with Crippen molar-refractivity contribution in [2.24, 2.45) is 0 Å². The molecule has 5 nitrogen and oxygen atoms in total. The van der Waals surface area contributed by atoms with E-state index in [4.69, 9.17) is 9.47 Å². The van der Waals surface area contributed by atoms with Gasteiger partial charge in [-0.1, -0.05) is 36.4 Å². The molecule has 1 aliphatic heterocycles. The van der Waals surface area contributed by atoms with Gasteiger partial charge in [0.25, 0.3) is 0 Å². The lowest BCUT2D eigenvalue weighted by Crippen LogP contribution is -3.14. The van der Waals surface area contributed by atoms with Gasteiger partial charge in [0.05, 0.1) is 20.3 Å². The molecule has 28 heavy (non-hydrogen) atoms. The van der Waals surface area contributed by atoms with Crippen LogP contribution in [0, 0.1) is 5.82 Å². The highest BCUT2D eigenvalue weighted by molar-refractivity contribution is 5.92. The molecule has 6 heteroatoms. The van der Waals surface area contributed by atoms with Gasteiger partial charge in [-0.05, 0) is 29.3 Å². The number of hydrogen-bond donors (Lipinski definition) is 2. The standard InChI is InChI=1S/C22H25FN2O3/c1-27-21-9-7-17(15-19(21)23)8-10-22(26)24-20(18-5-3-2-4-6-18)16-25-11-13-28-14-12-25/h2-10,15,20H,11-14,16H2,1H3,(H,24,26)/p+1/b10-8+/t20-/m1/s1. The van der Waals surface area contributed by atoms with Crippen LogP contribution in [0.4, 0.5) is 4.39 Å². The highest BCUT2D eigenvalue weighted by Crippen LogP contribution is 2.18. The number of nitrogens with one attached hydrogen (secondary N) is 2. The van der Waals surface area contributed by atoms with Gasteiger partial charge in [0.15, 0.2) is 11.6 Å². The average Bonchev–Trinajstić information content (AvgIpc) is 2.73. The summed E-state index contributed by atoms with van der Waals surface area (Å²) in [5.74, 6) is -0.486. The van der Waals surface area contributed by atoms with Gasteiger partial charge in [-0.25, -0.2) is 4.39 Å². The first-order valence-electron chi connectivity index (χ1n) is 9.44. The minimum absolute atomic E-state index is 0.0981. The van der Waals surface area contributed by atoms with Crippen molar-refractivity contribution >= 4 is 12.0 Å². The van der Waals surface area contributed by atoms with E-state index in [0.717, 1.165) is 38.4 Å². The van der Waals surface area contributed by atoms with Crippen molar-refractivity contribution < 1.29 is 23.6 Å². The molecule has 0 spiro atoms. The molecule has 1 fully saturated rings. The Morgan fingerprint density at radius 3 is 2.68 bits per heavy atom. The van der Waals surface area contributed by atoms with Gasteiger partial charge in [-0.2, -0.15) is 0 Å². The van der Waals surface area contributed by atoms with Gasteiger partial charge in [0.2, 0.25) is 5.91 Å². The predicted octanol–water partition coefficient (Wildman–Crippen LogP) is 1.62. The fourth-order valence-electron chi connectivity index (χ4n) is 3.27. The van der Waals surface area contributed by atoms with Crippen molar-refractivity contribution in [3.63, 3.8) is 0 Å². The number of benzene rings is 2. The Labute approximate surface area is 164 Å². The SMILES string of the molecule is COc1ccc(/C=C/C(=O)N[C@H](C[NH+]2CCOCC2)c2ccccc2)cc1F. The molecule has 1 saturated heterocycles. The monoisotopic (exact) mass is 385 g/mol. The predicted molar refractivity (Wildman–Crippen MR) is 106 cm³/mol. The molecule has 0 saturated carbocycles. The lowest BCUT2D eigenvalue weighted by atomic mass is 10.1. The number of rotatable bonds is 7. The van der Waals surface area contributed by atoms with E-state index in [2.05, 4.69) is 5.32 Å². The van der Waals surface area contributed by atoms with Crippen LogP contribution in [0.5, 0.6) is 5.75 Å². The Morgan fingerprint density at radius 2 is 2.00 bits per heavy atom. The average molecular weight is 385 g/mol.